The topological polar surface area (TPSA) is 196 Å². The summed E-state index contributed by atoms with van der Waals surface area (Å²) in [5, 5.41) is 70.0. The van der Waals surface area contributed by atoms with Gasteiger partial charge in [-0.25, -0.2) is 0 Å². The Kier molecular flexibility index (Phi) is 8.40. The molecule has 1 aromatic rings. The van der Waals surface area contributed by atoms with E-state index in [1.165, 1.54) is 0 Å². The van der Waals surface area contributed by atoms with Gasteiger partial charge < -0.3 is 54.7 Å². The fraction of sp³-hybridized carbons (Fsp3) is 0.667. The highest BCUT2D eigenvalue weighted by atomic mass is 16.8. The summed E-state index contributed by atoms with van der Waals surface area (Å²) >= 11 is 0. The third kappa shape index (κ3) is 5.20. The highest BCUT2D eigenvalue weighted by Crippen LogP contribution is 2.37. The van der Waals surface area contributed by atoms with Gasteiger partial charge in [-0.2, -0.15) is 0 Å². The Bertz CT molecular complexity index is 776. The predicted molar refractivity (Wildman–Crippen MR) is 107 cm³/mol. The summed E-state index contributed by atoms with van der Waals surface area (Å²) in [7, 11) is 0. The standard InChI is InChI=1S/C21H30O12/c1-10(11-5-3-2-4-6-11)19(29)30-9-21(18(28)15(25)13(8-23)32-21)33-20-17(27)16(26)14(24)12(7-22)31-20/h2-6,10,12-18,20,22-28H,7-9H2,1H3/t10?,12-,13-,14-,15-,16+,17-,18+,20-,21+/m1/s1. The first-order valence-corrected chi connectivity index (χ1v) is 10.5. The zero-order valence-electron chi connectivity index (χ0n) is 17.9. The maximum atomic E-state index is 12.6. The monoisotopic (exact) mass is 474 g/mol. The first-order chi connectivity index (χ1) is 15.6. The van der Waals surface area contributed by atoms with Crippen LogP contribution in [0.3, 0.4) is 0 Å². The minimum atomic E-state index is -2.30. The van der Waals surface area contributed by atoms with Crippen LogP contribution in [-0.2, 0) is 23.7 Å². The molecule has 3 rings (SSSR count). The van der Waals surface area contributed by atoms with Crippen LogP contribution in [0.25, 0.3) is 0 Å². The minimum absolute atomic E-state index is 0.660. The molecule has 7 N–H and O–H groups in total. The van der Waals surface area contributed by atoms with Crippen LogP contribution in [0.15, 0.2) is 30.3 Å². The van der Waals surface area contributed by atoms with Crippen molar-refractivity contribution in [2.75, 3.05) is 19.8 Å². The van der Waals surface area contributed by atoms with Gasteiger partial charge in [-0.15, -0.1) is 0 Å². The van der Waals surface area contributed by atoms with Gasteiger partial charge >= 0.3 is 5.97 Å². The van der Waals surface area contributed by atoms with Crippen molar-refractivity contribution in [3.05, 3.63) is 35.9 Å². The molecular formula is C21H30O12. The number of ether oxygens (including phenoxy) is 4. The molecule has 2 aliphatic rings. The van der Waals surface area contributed by atoms with Crippen molar-refractivity contribution < 1.29 is 59.5 Å². The summed E-state index contributed by atoms with van der Waals surface area (Å²) in [4.78, 5) is 12.6. The lowest BCUT2D eigenvalue weighted by molar-refractivity contribution is -0.383. The molecule has 0 amide bonds. The molecule has 2 heterocycles. The van der Waals surface area contributed by atoms with Crippen molar-refractivity contribution in [3.8, 4) is 0 Å². The molecule has 0 radical (unpaired) electrons. The van der Waals surface area contributed by atoms with Gasteiger partial charge in [0.25, 0.3) is 0 Å². The lowest BCUT2D eigenvalue weighted by atomic mass is 9.99. The Morgan fingerprint density at radius 3 is 2.18 bits per heavy atom. The molecule has 0 saturated carbocycles. The van der Waals surface area contributed by atoms with Gasteiger partial charge in [0.2, 0.25) is 5.79 Å². The Hall–Kier alpha value is -1.71. The summed E-state index contributed by atoms with van der Waals surface area (Å²) < 4.78 is 21.7. The van der Waals surface area contributed by atoms with Crippen molar-refractivity contribution in [2.24, 2.45) is 0 Å². The number of aliphatic hydroxyl groups is 7. The largest absolute Gasteiger partial charge is 0.459 e. The first-order valence-electron chi connectivity index (χ1n) is 10.5. The van der Waals surface area contributed by atoms with Crippen molar-refractivity contribution >= 4 is 5.97 Å². The van der Waals surface area contributed by atoms with E-state index >= 15 is 0 Å². The zero-order valence-corrected chi connectivity index (χ0v) is 17.9. The van der Waals surface area contributed by atoms with Crippen LogP contribution < -0.4 is 0 Å². The Balaban J connectivity index is 1.80. The van der Waals surface area contributed by atoms with Crippen LogP contribution in [0.1, 0.15) is 18.4 Å². The molecule has 2 aliphatic heterocycles. The molecule has 186 valence electrons. The number of benzene rings is 1. The van der Waals surface area contributed by atoms with Gasteiger partial charge in [0, 0.05) is 0 Å². The molecule has 0 spiro atoms. The Labute approximate surface area is 189 Å². The van der Waals surface area contributed by atoms with Gasteiger partial charge in [-0.1, -0.05) is 30.3 Å². The minimum Gasteiger partial charge on any atom is -0.459 e. The second kappa shape index (κ2) is 10.7. The molecule has 2 fully saturated rings. The molecule has 2 saturated heterocycles. The highest BCUT2D eigenvalue weighted by molar-refractivity contribution is 5.77. The molecule has 0 bridgehead atoms. The van der Waals surface area contributed by atoms with Crippen LogP contribution in [0, 0.1) is 0 Å². The van der Waals surface area contributed by atoms with Gasteiger partial charge in [0.1, 0.15) is 49.3 Å². The van der Waals surface area contributed by atoms with Gasteiger partial charge in [-0.05, 0) is 12.5 Å². The van der Waals surface area contributed by atoms with E-state index in [1.54, 1.807) is 37.3 Å². The van der Waals surface area contributed by atoms with Crippen LogP contribution in [-0.4, -0.2) is 116 Å². The van der Waals surface area contributed by atoms with E-state index in [2.05, 4.69) is 0 Å². The van der Waals surface area contributed by atoms with Crippen molar-refractivity contribution in [2.45, 2.75) is 67.6 Å². The Morgan fingerprint density at radius 1 is 0.970 bits per heavy atom. The van der Waals surface area contributed by atoms with Crippen LogP contribution in [0.4, 0.5) is 0 Å². The number of hydrogen-bond donors (Lipinski definition) is 7. The molecule has 10 atom stereocenters. The summed E-state index contributed by atoms with van der Waals surface area (Å²) in [5.41, 5.74) is 0.660. The summed E-state index contributed by atoms with van der Waals surface area (Å²) in [6, 6.07) is 8.71. The maximum Gasteiger partial charge on any atom is 0.313 e. The maximum absolute atomic E-state index is 12.6. The summed E-state index contributed by atoms with van der Waals surface area (Å²) in [6.07, 6.45) is -13.2. The van der Waals surface area contributed by atoms with Crippen LogP contribution in [0.5, 0.6) is 0 Å². The average Bonchev–Trinajstić information content (AvgIpc) is 3.07. The van der Waals surface area contributed by atoms with E-state index < -0.39 is 86.5 Å². The number of aliphatic hydroxyl groups excluding tert-OH is 7. The molecule has 12 heteroatoms. The number of hydrogen-bond acceptors (Lipinski definition) is 12. The third-order valence-electron chi connectivity index (χ3n) is 5.92. The predicted octanol–water partition coefficient (Wildman–Crippen LogP) is -3.04. The molecule has 33 heavy (non-hydrogen) atoms. The number of rotatable bonds is 8. The molecular weight excluding hydrogens is 444 g/mol. The van der Waals surface area contributed by atoms with Crippen molar-refractivity contribution in [1.82, 2.24) is 0 Å². The first kappa shape index (κ1) is 25.9. The van der Waals surface area contributed by atoms with E-state index in [0.717, 1.165) is 0 Å². The van der Waals surface area contributed by atoms with Crippen molar-refractivity contribution in [3.63, 3.8) is 0 Å². The quantitative estimate of drug-likeness (QED) is 0.188. The lowest BCUT2D eigenvalue weighted by Gasteiger charge is -2.43. The summed E-state index contributed by atoms with van der Waals surface area (Å²) in [6.45, 7) is -0.619. The fourth-order valence-corrected chi connectivity index (χ4v) is 3.79. The van der Waals surface area contributed by atoms with E-state index in [0.29, 0.717) is 5.56 Å². The lowest BCUT2D eigenvalue weighted by Crippen LogP contribution is -2.63. The highest BCUT2D eigenvalue weighted by Gasteiger charge is 2.59. The van der Waals surface area contributed by atoms with Gasteiger partial charge in [-0.3, -0.25) is 4.79 Å². The smallest absolute Gasteiger partial charge is 0.313 e. The van der Waals surface area contributed by atoms with Gasteiger partial charge in [0.05, 0.1) is 19.1 Å². The molecule has 1 aromatic carbocycles. The Morgan fingerprint density at radius 2 is 1.61 bits per heavy atom. The number of carbonyl (C=O) groups excluding carboxylic acids is 1. The summed E-state index contributed by atoms with van der Waals surface area (Å²) in [5.74, 6) is -3.71. The van der Waals surface area contributed by atoms with Gasteiger partial charge in [0.15, 0.2) is 6.29 Å². The second-order valence-corrected chi connectivity index (χ2v) is 8.14. The second-order valence-electron chi connectivity index (χ2n) is 8.14. The molecule has 1 unspecified atom stereocenters. The van der Waals surface area contributed by atoms with E-state index in [9.17, 15) is 40.5 Å². The molecule has 0 aliphatic carbocycles. The van der Waals surface area contributed by atoms with E-state index in [1.807, 2.05) is 0 Å². The molecule has 0 aromatic heterocycles. The third-order valence-corrected chi connectivity index (χ3v) is 5.92. The number of carbonyl (C=O) groups is 1. The average molecular weight is 474 g/mol. The zero-order chi connectivity index (χ0) is 24.3. The molecule has 12 nitrogen and oxygen atoms in total. The normalized spacial score (nSPS) is 39.9. The SMILES string of the molecule is CC(C(=O)OC[C@@]1(O[C@H]2O[C@H](CO)[C@@H](O)[C@H](O)[C@H]2O)O[C@H](CO)[C@@H](O)[C@@H]1O)c1ccccc1. The number of esters is 1. The van der Waals surface area contributed by atoms with Crippen LogP contribution >= 0.6 is 0 Å². The van der Waals surface area contributed by atoms with Crippen LogP contribution in [0.2, 0.25) is 0 Å². The van der Waals surface area contributed by atoms with E-state index in [-0.39, 0.29) is 0 Å². The van der Waals surface area contributed by atoms with E-state index in [4.69, 9.17) is 18.9 Å². The van der Waals surface area contributed by atoms with Crippen molar-refractivity contribution in [1.29, 1.82) is 0 Å². The fourth-order valence-electron chi connectivity index (χ4n) is 3.79.